The number of hydrogen-bond donors (Lipinski definition) is 1. The van der Waals surface area contributed by atoms with E-state index in [1.54, 1.807) is 42.3 Å². The van der Waals surface area contributed by atoms with Gasteiger partial charge in [-0.05, 0) is 31.0 Å². The Hall–Kier alpha value is -2.89. The monoisotopic (exact) mass is 325 g/mol. The molecule has 6 nitrogen and oxygen atoms in total. The lowest BCUT2D eigenvalue weighted by Gasteiger charge is -2.15. The van der Waals surface area contributed by atoms with Gasteiger partial charge in [0.05, 0.1) is 18.2 Å². The highest BCUT2D eigenvalue weighted by Crippen LogP contribution is 2.18. The van der Waals surface area contributed by atoms with Gasteiger partial charge in [0.25, 0.3) is 11.8 Å². The molecule has 1 aromatic carbocycles. The smallest absolute Gasteiger partial charge is 0.257 e. The van der Waals surface area contributed by atoms with Crippen molar-refractivity contribution in [3.05, 3.63) is 53.9 Å². The zero-order chi connectivity index (χ0) is 16.9. The number of hydrogen-bond acceptors (Lipinski definition) is 4. The normalized spacial score (nSPS) is 13.6. The van der Waals surface area contributed by atoms with Crippen molar-refractivity contribution in [1.82, 2.24) is 9.88 Å². The van der Waals surface area contributed by atoms with Crippen molar-refractivity contribution in [3.8, 4) is 5.75 Å². The molecule has 1 N–H and O–H groups in total. The van der Waals surface area contributed by atoms with Crippen LogP contribution in [0.5, 0.6) is 5.75 Å². The van der Waals surface area contributed by atoms with E-state index in [2.05, 4.69) is 10.3 Å². The number of aromatic nitrogens is 1. The fraction of sp³-hybridized carbons (Fsp3) is 0.278. The zero-order valence-corrected chi connectivity index (χ0v) is 13.5. The minimum Gasteiger partial charge on any atom is -0.497 e. The van der Waals surface area contributed by atoms with E-state index >= 15 is 0 Å². The molecule has 124 valence electrons. The number of rotatable bonds is 4. The Bertz CT molecular complexity index is 755. The van der Waals surface area contributed by atoms with Crippen molar-refractivity contribution in [2.45, 2.75) is 12.8 Å². The standard InChI is InChI=1S/C18H19N3O3/c1-24-16-6-4-5-15(10-16)20-17(22)13-9-14(12-19-11-13)18(23)21-7-2-3-8-21/h4-6,9-12H,2-3,7-8H2,1H3,(H,20,22). The first-order valence-electron chi connectivity index (χ1n) is 7.87. The fourth-order valence-corrected chi connectivity index (χ4v) is 2.69. The Kier molecular flexibility index (Phi) is 4.74. The van der Waals surface area contributed by atoms with Crippen molar-refractivity contribution in [2.24, 2.45) is 0 Å². The van der Waals surface area contributed by atoms with E-state index in [1.165, 1.54) is 12.4 Å². The molecule has 0 unspecified atom stereocenters. The van der Waals surface area contributed by atoms with Crippen LogP contribution in [0, 0.1) is 0 Å². The largest absolute Gasteiger partial charge is 0.497 e. The summed E-state index contributed by atoms with van der Waals surface area (Å²) in [6, 6.07) is 8.67. The Balaban J connectivity index is 1.75. The van der Waals surface area contributed by atoms with Gasteiger partial charge in [-0.3, -0.25) is 14.6 Å². The maximum absolute atomic E-state index is 12.4. The van der Waals surface area contributed by atoms with Gasteiger partial charge in [0.2, 0.25) is 0 Å². The summed E-state index contributed by atoms with van der Waals surface area (Å²) in [4.78, 5) is 30.6. The molecule has 1 fully saturated rings. The van der Waals surface area contributed by atoms with Crippen molar-refractivity contribution in [3.63, 3.8) is 0 Å². The SMILES string of the molecule is COc1cccc(NC(=O)c2cncc(C(=O)N3CCCC3)c2)c1. The minimum atomic E-state index is -0.313. The number of amides is 2. The molecule has 2 heterocycles. The fourth-order valence-electron chi connectivity index (χ4n) is 2.69. The molecule has 0 bridgehead atoms. The number of benzene rings is 1. The highest BCUT2D eigenvalue weighted by molar-refractivity contribution is 6.05. The third-order valence-corrected chi connectivity index (χ3v) is 3.97. The summed E-state index contributed by atoms with van der Waals surface area (Å²) in [5.74, 6) is 0.270. The summed E-state index contributed by atoms with van der Waals surface area (Å²) >= 11 is 0. The van der Waals surface area contributed by atoms with Crippen LogP contribution < -0.4 is 10.1 Å². The van der Waals surface area contributed by atoms with Gasteiger partial charge >= 0.3 is 0 Å². The van der Waals surface area contributed by atoms with Crippen LogP contribution in [0.15, 0.2) is 42.7 Å². The number of ether oxygens (including phenoxy) is 1. The molecule has 6 heteroatoms. The third kappa shape index (κ3) is 3.53. The van der Waals surface area contributed by atoms with Gasteiger partial charge in [0.15, 0.2) is 0 Å². The maximum atomic E-state index is 12.4. The van der Waals surface area contributed by atoms with Gasteiger partial charge in [-0.25, -0.2) is 0 Å². The van der Waals surface area contributed by atoms with Gasteiger partial charge in [0, 0.05) is 37.2 Å². The summed E-state index contributed by atoms with van der Waals surface area (Å²) in [7, 11) is 1.57. The molecule has 1 aliphatic heterocycles. The number of anilines is 1. The van der Waals surface area contributed by atoms with Crippen LogP contribution in [0.1, 0.15) is 33.6 Å². The molecule has 3 rings (SSSR count). The topological polar surface area (TPSA) is 71.5 Å². The number of methoxy groups -OCH3 is 1. The molecule has 1 saturated heterocycles. The van der Waals surface area contributed by atoms with Gasteiger partial charge in [-0.2, -0.15) is 0 Å². The maximum Gasteiger partial charge on any atom is 0.257 e. The van der Waals surface area contributed by atoms with Crippen LogP contribution in [0.4, 0.5) is 5.69 Å². The average molecular weight is 325 g/mol. The summed E-state index contributed by atoms with van der Waals surface area (Å²) in [6.45, 7) is 1.53. The van der Waals surface area contributed by atoms with Crippen LogP contribution in [-0.2, 0) is 0 Å². The summed E-state index contributed by atoms with van der Waals surface area (Å²) < 4.78 is 5.14. The highest BCUT2D eigenvalue weighted by atomic mass is 16.5. The number of nitrogens with zero attached hydrogens (tertiary/aromatic N) is 2. The summed E-state index contributed by atoms with van der Waals surface area (Å²) in [5, 5.41) is 2.78. The molecule has 24 heavy (non-hydrogen) atoms. The van der Waals surface area contributed by atoms with Gasteiger partial charge in [-0.15, -0.1) is 0 Å². The van der Waals surface area contributed by atoms with Crippen LogP contribution in [0.25, 0.3) is 0 Å². The molecule has 0 radical (unpaired) electrons. The van der Waals surface area contributed by atoms with Gasteiger partial charge in [0.1, 0.15) is 5.75 Å². The number of likely N-dealkylation sites (tertiary alicyclic amines) is 1. The third-order valence-electron chi connectivity index (χ3n) is 3.97. The lowest BCUT2D eigenvalue weighted by Crippen LogP contribution is -2.28. The molecular formula is C18H19N3O3. The number of pyridine rings is 1. The first-order chi connectivity index (χ1) is 11.7. The van der Waals surface area contributed by atoms with Crippen molar-refractivity contribution in [1.29, 1.82) is 0 Å². The molecule has 2 amide bonds. The molecule has 0 saturated carbocycles. The average Bonchev–Trinajstić information content (AvgIpc) is 3.16. The van der Waals surface area contributed by atoms with E-state index in [1.807, 2.05) is 0 Å². The zero-order valence-electron chi connectivity index (χ0n) is 13.5. The predicted molar refractivity (Wildman–Crippen MR) is 90.3 cm³/mol. The summed E-state index contributed by atoms with van der Waals surface area (Å²) in [6.07, 6.45) is 5.00. The Labute approximate surface area is 140 Å². The number of nitrogens with one attached hydrogen (secondary N) is 1. The second kappa shape index (κ2) is 7.12. The Morgan fingerprint density at radius 3 is 2.62 bits per heavy atom. The lowest BCUT2D eigenvalue weighted by molar-refractivity contribution is 0.0792. The van der Waals surface area contributed by atoms with Crippen LogP contribution >= 0.6 is 0 Å². The molecule has 2 aromatic rings. The molecule has 0 aliphatic carbocycles. The molecule has 1 aliphatic rings. The van der Waals surface area contributed by atoms with Crippen molar-refractivity contribution in [2.75, 3.05) is 25.5 Å². The quantitative estimate of drug-likeness (QED) is 0.938. The first kappa shape index (κ1) is 16.0. The van der Waals surface area contributed by atoms with E-state index in [0.717, 1.165) is 25.9 Å². The van der Waals surface area contributed by atoms with Crippen LogP contribution in [0.2, 0.25) is 0 Å². The van der Waals surface area contributed by atoms with Crippen LogP contribution in [0.3, 0.4) is 0 Å². The molecular weight excluding hydrogens is 306 g/mol. The predicted octanol–water partition coefficient (Wildman–Crippen LogP) is 2.58. The van der Waals surface area contributed by atoms with Gasteiger partial charge in [-0.1, -0.05) is 6.07 Å². The first-order valence-corrected chi connectivity index (χ1v) is 7.87. The lowest BCUT2D eigenvalue weighted by atomic mass is 10.1. The minimum absolute atomic E-state index is 0.0731. The van der Waals surface area contributed by atoms with Crippen molar-refractivity contribution < 1.29 is 14.3 Å². The second-order valence-corrected chi connectivity index (χ2v) is 5.65. The Morgan fingerprint density at radius 1 is 1.12 bits per heavy atom. The van der Waals surface area contributed by atoms with Crippen molar-refractivity contribution >= 4 is 17.5 Å². The van der Waals surface area contributed by atoms with Crippen LogP contribution in [-0.4, -0.2) is 41.9 Å². The van der Waals surface area contributed by atoms with E-state index in [4.69, 9.17) is 4.74 Å². The number of carbonyl (C=O) groups is 2. The van der Waals surface area contributed by atoms with Gasteiger partial charge < -0.3 is 15.0 Å². The van der Waals surface area contributed by atoms with E-state index in [9.17, 15) is 9.59 Å². The Morgan fingerprint density at radius 2 is 1.88 bits per heavy atom. The summed E-state index contributed by atoms with van der Waals surface area (Å²) in [5.41, 5.74) is 1.41. The number of carbonyl (C=O) groups excluding carboxylic acids is 2. The van der Waals surface area contributed by atoms with E-state index in [0.29, 0.717) is 22.6 Å². The van der Waals surface area contributed by atoms with E-state index in [-0.39, 0.29) is 11.8 Å². The molecule has 0 atom stereocenters. The van der Waals surface area contributed by atoms with E-state index < -0.39 is 0 Å². The molecule has 0 spiro atoms. The molecule has 1 aromatic heterocycles. The second-order valence-electron chi connectivity index (χ2n) is 5.65. The highest BCUT2D eigenvalue weighted by Gasteiger charge is 2.20.